The van der Waals surface area contributed by atoms with Gasteiger partial charge < -0.3 is 14.6 Å². The van der Waals surface area contributed by atoms with Gasteiger partial charge in [-0.05, 0) is 30.5 Å². The molecule has 0 bridgehead atoms. The summed E-state index contributed by atoms with van der Waals surface area (Å²) in [6.07, 6.45) is -4.75. The number of rotatable bonds is 3. The van der Waals surface area contributed by atoms with E-state index >= 15 is 0 Å². The van der Waals surface area contributed by atoms with Crippen LogP contribution >= 0.6 is 0 Å². The fraction of sp³-hybridized carbons (Fsp3) is 0.500. The second-order valence-electron chi connectivity index (χ2n) is 4.94. The number of alkyl halides is 3. The minimum absolute atomic E-state index is 0.103. The van der Waals surface area contributed by atoms with Crippen LogP contribution in [0.2, 0.25) is 0 Å². The van der Waals surface area contributed by atoms with E-state index in [1.807, 2.05) is 0 Å². The number of nitriles is 1. The van der Waals surface area contributed by atoms with Crippen LogP contribution in [-0.2, 0) is 4.74 Å². The predicted octanol–water partition coefficient (Wildman–Crippen LogP) is 2.94. The van der Waals surface area contributed by atoms with Crippen molar-refractivity contribution in [2.75, 3.05) is 13.2 Å². The summed E-state index contributed by atoms with van der Waals surface area (Å²) in [5.74, 6) is -0.371. The summed E-state index contributed by atoms with van der Waals surface area (Å²) in [6, 6.07) is 6.94. The lowest BCUT2D eigenvalue weighted by molar-refractivity contribution is -0.274. The molecule has 21 heavy (non-hydrogen) atoms. The van der Waals surface area contributed by atoms with Crippen molar-refractivity contribution in [1.82, 2.24) is 0 Å². The molecule has 1 aliphatic heterocycles. The first kappa shape index (κ1) is 15.6. The smallest absolute Gasteiger partial charge is 0.406 e. The Balaban J connectivity index is 2.16. The van der Waals surface area contributed by atoms with E-state index < -0.39 is 17.9 Å². The molecule has 1 aromatic rings. The number of ether oxygens (including phenoxy) is 2. The van der Waals surface area contributed by atoms with Gasteiger partial charge in [-0.1, -0.05) is 12.1 Å². The van der Waals surface area contributed by atoms with Crippen LogP contribution in [0.25, 0.3) is 0 Å². The second kappa shape index (κ2) is 5.92. The zero-order chi connectivity index (χ0) is 15.5. The molecule has 2 atom stereocenters. The Kier molecular flexibility index (Phi) is 4.40. The summed E-state index contributed by atoms with van der Waals surface area (Å²) in [4.78, 5) is 0. The largest absolute Gasteiger partial charge is 0.573 e. The van der Waals surface area contributed by atoms with E-state index in [1.165, 1.54) is 12.1 Å². The Labute approximate surface area is 119 Å². The van der Waals surface area contributed by atoms with Gasteiger partial charge in [0.2, 0.25) is 0 Å². The zero-order valence-electron chi connectivity index (χ0n) is 11.1. The van der Waals surface area contributed by atoms with E-state index in [4.69, 9.17) is 4.74 Å². The first-order valence-electron chi connectivity index (χ1n) is 6.39. The van der Waals surface area contributed by atoms with Crippen LogP contribution in [0, 0.1) is 16.7 Å². The van der Waals surface area contributed by atoms with Crippen LogP contribution in [0.1, 0.15) is 24.5 Å². The van der Waals surface area contributed by atoms with Gasteiger partial charge in [0.15, 0.2) is 0 Å². The molecule has 0 aromatic heterocycles. The monoisotopic (exact) mass is 301 g/mol. The van der Waals surface area contributed by atoms with Crippen LogP contribution in [-0.4, -0.2) is 24.7 Å². The molecule has 1 aliphatic rings. The molecule has 7 heteroatoms. The van der Waals surface area contributed by atoms with Crippen molar-refractivity contribution in [3.63, 3.8) is 0 Å². The lowest BCUT2D eigenvalue weighted by Crippen LogP contribution is -2.36. The summed E-state index contributed by atoms with van der Waals surface area (Å²) in [7, 11) is 0. The van der Waals surface area contributed by atoms with Gasteiger partial charge in [0.1, 0.15) is 11.2 Å². The summed E-state index contributed by atoms with van der Waals surface area (Å²) in [6.45, 7) is 0.639. The number of benzene rings is 1. The molecule has 1 aromatic carbocycles. The van der Waals surface area contributed by atoms with Crippen LogP contribution in [0.4, 0.5) is 13.2 Å². The maximum Gasteiger partial charge on any atom is 0.573 e. The third kappa shape index (κ3) is 3.65. The molecule has 4 nitrogen and oxygen atoms in total. The van der Waals surface area contributed by atoms with Gasteiger partial charge in [-0.3, -0.25) is 0 Å². The molecule has 114 valence electrons. The van der Waals surface area contributed by atoms with Gasteiger partial charge in [0, 0.05) is 6.61 Å². The van der Waals surface area contributed by atoms with Crippen molar-refractivity contribution in [3.8, 4) is 11.8 Å². The molecule has 0 aliphatic carbocycles. The molecule has 1 saturated heterocycles. The van der Waals surface area contributed by atoms with Gasteiger partial charge in [-0.25, -0.2) is 0 Å². The highest BCUT2D eigenvalue weighted by molar-refractivity contribution is 5.31. The topological polar surface area (TPSA) is 62.5 Å². The first-order valence-corrected chi connectivity index (χ1v) is 6.39. The minimum Gasteiger partial charge on any atom is -0.406 e. The Morgan fingerprint density at radius 3 is 2.48 bits per heavy atom. The molecular formula is C14H14F3NO3. The highest BCUT2D eigenvalue weighted by Gasteiger charge is 2.41. The Hall–Kier alpha value is -1.78. The summed E-state index contributed by atoms with van der Waals surface area (Å²) < 4.78 is 45.2. The Morgan fingerprint density at radius 2 is 2.00 bits per heavy atom. The van der Waals surface area contributed by atoms with Gasteiger partial charge in [0.05, 0.1) is 18.8 Å². The molecule has 0 saturated carbocycles. The lowest BCUT2D eigenvalue weighted by atomic mass is 9.76. The van der Waals surface area contributed by atoms with Crippen molar-refractivity contribution in [2.24, 2.45) is 5.41 Å². The van der Waals surface area contributed by atoms with E-state index in [0.717, 1.165) is 12.1 Å². The van der Waals surface area contributed by atoms with E-state index in [9.17, 15) is 23.5 Å². The summed E-state index contributed by atoms with van der Waals surface area (Å²) in [5.41, 5.74) is -0.707. The van der Waals surface area contributed by atoms with Gasteiger partial charge in [-0.2, -0.15) is 5.26 Å². The fourth-order valence-electron chi connectivity index (χ4n) is 2.35. The number of nitrogens with zero attached hydrogens (tertiary/aromatic N) is 1. The number of aliphatic hydroxyl groups is 1. The van der Waals surface area contributed by atoms with Gasteiger partial charge in [0.25, 0.3) is 0 Å². The molecule has 0 radical (unpaired) electrons. The normalized spacial score (nSPS) is 24.1. The van der Waals surface area contributed by atoms with Crippen molar-refractivity contribution in [2.45, 2.75) is 25.3 Å². The standard InChI is InChI=1S/C14H14F3NO3/c15-14(16,17)21-11-4-2-10(3-5-11)12(19)13(8-18)6-1-7-20-9-13/h2-5,12,19H,1,6-7,9H2. The molecule has 2 unspecified atom stereocenters. The van der Waals surface area contributed by atoms with Crippen LogP contribution in [0.5, 0.6) is 5.75 Å². The average Bonchev–Trinajstić information content (AvgIpc) is 2.46. The molecule has 2 rings (SSSR count). The summed E-state index contributed by atoms with van der Waals surface area (Å²) >= 11 is 0. The van der Waals surface area contributed by atoms with E-state index in [2.05, 4.69) is 10.8 Å². The predicted molar refractivity (Wildman–Crippen MR) is 66.2 cm³/mol. The van der Waals surface area contributed by atoms with Crippen LogP contribution in [0.3, 0.4) is 0 Å². The third-order valence-electron chi connectivity index (χ3n) is 3.45. The molecule has 1 fully saturated rings. The Bertz CT molecular complexity index is 516. The quantitative estimate of drug-likeness (QED) is 0.932. The molecule has 0 spiro atoms. The highest BCUT2D eigenvalue weighted by Crippen LogP contribution is 2.40. The van der Waals surface area contributed by atoms with Crippen LogP contribution in [0.15, 0.2) is 24.3 Å². The SMILES string of the molecule is N#CC1(C(O)c2ccc(OC(F)(F)F)cc2)CCCOC1. The lowest BCUT2D eigenvalue weighted by Gasteiger charge is -2.34. The highest BCUT2D eigenvalue weighted by atomic mass is 19.4. The van der Waals surface area contributed by atoms with E-state index in [0.29, 0.717) is 25.0 Å². The molecule has 0 amide bonds. The fourth-order valence-corrected chi connectivity index (χ4v) is 2.35. The number of aliphatic hydroxyl groups excluding tert-OH is 1. The maximum absolute atomic E-state index is 12.1. The number of halogens is 3. The molecule has 1 heterocycles. The number of hydrogen-bond donors (Lipinski definition) is 1. The van der Waals surface area contributed by atoms with Crippen molar-refractivity contribution >= 4 is 0 Å². The third-order valence-corrected chi connectivity index (χ3v) is 3.45. The van der Waals surface area contributed by atoms with Crippen LogP contribution < -0.4 is 4.74 Å². The van der Waals surface area contributed by atoms with Gasteiger partial charge >= 0.3 is 6.36 Å². The van der Waals surface area contributed by atoms with Gasteiger partial charge in [-0.15, -0.1) is 13.2 Å². The van der Waals surface area contributed by atoms with E-state index in [1.54, 1.807) is 0 Å². The van der Waals surface area contributed by atoms with Crippen molar-refractivity contribution in [1.29, 1.82) is 5.26 Å². The summed E-state index contributed by atoms with van der Waals surface area (Å²) in [5, 5.41) is 19.7. The molecule has 1 N–H and O–H groups in total. The second-order valence-corrected chi connectivity index (χ2v) is 4.94. The van der Waals surface area contributed by atoms with Crippen molar-refractivity contribution in [3.05, 3.63) is 29.8 Å². The van der Waals surface area contributed by atoms with Crippen molar-refractivity contribution < 1.29 is 27.8 Å². The Morgan fingerprint density at radius 1 is 1.33 bits per heavy atom. The average molecular weight is 301 g/mol. The zero-order valence-corrected chi connectivity index (χ0v) is 11.1. The first-order chi connectivity index (χ1) is 9.86. The maximum atomic E-state index is 12.1. The molecular weight excluding hydrogens is 287 g/mol. The minimum atomic E-state index is -4.76. The van der Waals surface area contributed by atoms with E-state index in [-0.39, 0.29) is 12.4 Å². The number of hydrogen-bond acceptors (Lipinski definition) is 4.